The Hall–Kier alpha value is -0.0400. The van der Waals surface area contributed by atoms with E-state index in [0.29, 0.717) is 0 Å². The third kappa shape index (κ3) is 5.47. The molecule has 1 aliphatic heterocycles. The number of hydrogen-bond acceptors (Lipinski definition) is 1. The largest absolute Gasteiger partial charge is 0.294 e. The minimum Gasteiger partial charge on any atom is -0.294 e. The van der Waals surface area contributed by atoms with E-state index < -0.39 is 0 Å². The van der Waals surface area contributed by atoms with Crippen LogP contribution in [-0.4, -0.2) is 23.0 Å². The van der Waals surface area contributed by atoms with Gasteiger partial charge in [-0.25, -0.2) is 0 Å². The van der Waals surface area contributed by atoms with Crippen LogP contribution in [0.3, 0.4) is 0 Å². The molecule has 53 heavy (non-hydrogen) atoms. The van der Waals surface area contributed by atoms with Gasteiger partial charge in [-0.15, -0.1) is 0 Å². The summed E-state index contributed by atoms with van der Waals surface area (Å²) in [5.41, 5.74) is 0. The number of fused-ring (bicyclic) bond motifs is 8. The first-order valence-corrected chi connectivity index (χ1v) is 26.1. The molecule has 0 N–H and O–H groups in total. The molecule has 0 spiro atoms. The average molecular weight is 722 g/mol. The van der Waals surface area contributed by atoms with E-state index in [0.717, 1.165) is 119 Å². The quantitative estimate of drug-likeness (QED) is 0.280. The standard InChI is InChI=1S/C52H83N/c1-3-16-35(17-4-1)46-49-38-23-11-20-34-21-12-24-39(45(34)38)50(49)47(36-18-5-2-6-19-36)52-41-30-31-44(37-22-13-25-40(48(37)41)51(46)52)53-42-26-9-7-14-32(42)28-29-33-15-8-10-27-43(33)53/h32-52H,1-31H2. The number of nitrogens with zero attached hydrogens (tertiary/aromatic N) is 1. The maximum Gasteiger partial charge on any atom is 0.0133 e. The summed E-state index contributed by atoms with van der Waals surface area (Å²) in [6, 6.07) is 2.90. The summed E-state index contributed by atoms with van der Waals surface area (Å²) in [5, 5.41) is 0. The summed E-state index contributed by atoms with van der Waals surface area (Å²) in [7, 11) is 0. The molecule has 12 aliphatic rings. The Morgan fingerprint density at radius 3 is 1.11 bits per heavy atom. The number of likely N-dealkylation sites (tertiary alicyclic amines) is 1. The van der Waals surface area contributed by atoms with Crippen LogP contribution >= 0.6 is 0 Å². The average Bonchev–Trinajstić information content (AvgIpc) is 3.67. The fourth-order valence-electron chi connectivity index (χ4n) is 21.6. The molecule has 19 atom stereocenters. The third-order valence-corrected chi connectivity index (χ3v) is 22.4. The Balaban J connectivity index is 0.965. The van der Waals surface area contributed by atoms with Crippen molar-refractivity contribution in [1.82, 2.24) is 4.90 Å². The molecule has 11 aliphatic carbocycles. The summed E-state index contributed by atoms with van der Waals surface area (Å²) < 4.78 is 0. The van der Waals surface area contributed by atoms with Gasteiger partial charge in [0.25, 0.3) is 0 Å². The van der Waals surface area contributed by atoms with Crippen molar-refractivity contribution in [2.75, 3.05) is 0 Å². The summed E-state index contributed by atoms with van der Waals surface area (Å²) >= 11 is 0. The third-order valence-electron chi connectivity index (χ3n) is 22.4. The van der Waals surface area contributed by atoms with Crippen LogP contribution in [0.1, 0.15) is 199 Å². The Morgan fingerprint density at radius 2 is 0.566 bits per heavy atom. The first-order chi connectivity index (χ1) is 26.3. The maximum atomic E-state index is 3.52. The van der Waals surface area contributed by atoms with E-state index in [-0.39, 0.29) is 0 Å². The predicted octanol–water partition coefficient (Wildman–Crippen LogP) is 13.7. The van der Waals surface area contributed by atoms with Crippen LogP contribution in [0.15, 0.2) is 0 Å². The highest BCUT2D eigenvalue weighted by Gasteiger charge is 2.71. The van der Waals surface area contributed by atoms with Gasteiger partial charge >= 0.3 is 0 Å². The van der Waals surface area contributed by atoms with Crippen molar-refractivity contribution in [1.29, 1.82) is 0 Å². The molecular formula is C52H83N. The smallest absolute Gasteiger partial charge is 0.0133 e. The molecule has 0 bridgehead atoms. The zero-order valence-electron chi connectivity index (χ0n) is 34.5. The molecule has 0 aromatic carbocycles. The van der Waals surface area contributed by atoms with Crippen molar-refractivity contribution in [3.8, 4) is 0 Å². The Morgan fingerprint density at radius 1 is 0.189 bits per heavy atom. The van der Waals surface area contributed by atoms with Crippen molar-refractivity contribution in [3.05, 3.63) is 0 Å². The van der Waals surface area contributed by atoms with Crippen molar-refractivity contribution in [2.24, 2.45) is 107 Å². The van der Waals surface area contributed by atoms with Crippen molar-refractivity contribution < 1.29 is 0 Å². The summed E-state index contributed by atoms with van der Waals surface area (Å²) in [5.74, 6) is 20.3. The van der Waals surface area contributed by atoms with E-state index in [2.05, 4.69) is 4.90 Å². The first kappa shape index (κ1) is 35.0. The van der Waals surface area contributed by atoms with Gasteiger partial charge in [0.1, 0.15) is 0 Å². The highest BCUT2D eigenvalue weighted by molar-refractivity contribution is 5.19. The van der Waals surface area contributed by atoms with E-state index in [1.807, 2.05) is 0 Å². The molecule has 1 heterocycles. The van der Waals surface area contributed by atoms with Gasteiger partial charge in [0, 0.05) is 18.1 Å². The molecule has 1 saturated heterocycles. The molecule has 19 unspecified atom stereocenters. The van der Waals surface area contributed by atoms with Crippen LogP contribution in [0.5, 0.6) is 0 Å². The van der Waals surface area contributed by atoms with Crippen LogP contribution in [0.4, 0.5) is 0 Å². The number of hydrogen-bond donors (Lipinski definition) is 0. The van der Waals surface area contributed by atoms with Gasteiger partial charge in [0.15, 0.2) is 0 Å². The molecule has 1 heteroatoms. The van der Waals surface area contributed by atoms with Crippen LogP contribution in [-0.2, 0) is 0 Å². The molecule has 12 fully saturated rings. The molecule has 0 amide bonds. The van der Waals surface area contributed by atoms with E-state index in [4.69, 9.17) is 0 Å². The zero-order valence-corrected chi connectivity index (χ0v) is 34.5. The summed E-state index contributed by atoms with van der Waals surface area (Å²) in [4.78, 5) is 3.52. The first-order valence-electron chi connectivity index (χ1n) is 26.1. The SMILES string of the molecule is C1CCC(C2C3C4CCCC5CCCC(C54)C3C(C3CCCCC3)C3C4CCC(N5C6CCCCC6CCC6CCCCC65)C5CCCC(C45)C23)CC1. The van der Waals surface area contributed by atoms with Gasteiger partial charge < -0.3 is 0 Å². The van der Waals surface area contributed by atoms with Crippen molar-refractivity contribution >= 4 is 0 Å². The van der Waals surface area contributed by atoms with Gasteiger partial charge in [-0.1, -0.05) is 122 Å². The van der Waals surface area contributed by atoms with E-state index in [9.17, 15) is 0 Å². The van der Waals surface area contributed by atoms with Gasteiger partial charge in [0.05, 0.1) is 0 Å². The van der Waals surface area contributed by atoms with Crippen molar-refractivity contribution in [2.45, 2.75) is 217 Å². The zero-order chi connectivity index (χ0) is 34.6. The molecule has 0 aromatic rings. The second kappa shape index (κ2) is 14.4. The Bertz CT molecular complexity index is 1200. The monoisotopic (exact) mass is 722 g/mol. The minimum atomic E-state index is 0.967. The van der Waals surface area contributed by atoms with Crippen LogP contribution in [0.2, 0.25) is 0 Å². The van der Waals surface area contributed by atoms with E-state index in [1.165, 1.54) is 5.92 Å². The van der Waals surface area contributed by atoms with Crippen LogP contribution < -0.4 is 0 Å². The topological polar surface area (TPSA) is 3.24 Å². The predicted molar refractivity (Wildman–Crippen MR) is 219 cm³/mol. The normalized spacial score (nSPS) is 55.8. The fraction of sp³-hybridized carbons (Fsp3) is 1.00. The minimum absolute atomic E-state index is 0.967. The number of rotatable bonds is 3. The van der Waals surface area contributed by atoms with Gasteiger partial charge in [-0.3, -0.25) is 4.90 Å². The Kier molecular flexibility index (Phi) is 9.47. The van der Waals surface area contributed by atoms with Gasteiger partial charge in [0.2, 0.25) is 0 Å². The molecule has 0 radical (unpaired) electrons. The molecule has 1 nitrogen and oxygen atoms in total. The second-order valence-corrected chi connectivity index (χ2v) is 23.7. The maximum absolute atomic E-state index is 3.52. The lowest BCUT2D eigenvalue weighted by molar-refractivity contribution is -0.103. The van der Waals surface area contributed by atoms with Gasteiger partial charge in [-0.05, 0) is 184 Å². The fourth-order valence-corrected chi connectivity index (χ4v) is 21.6. The molecule has 296 valence electrons. The van der Waals surface area contributed by atoms with Crippen molar-refractivity contribution in [3.63, 3.8) is 0 Å². The highest BCUT2D eigenvalue weighted by atomic mass is 15.2. The molecule has 12 rings (SSSR count). The lowest BCUT2D eigenvalue weighted by Crippen LogP contribution is -2.59. The Labute approximate surface area is 327 Å². The molecule has 11 saturated carbocycles. The highest BCUT2D eigenvalue weighted by Crippen LogP contribution is 2.76. The lowest BCUT2D eigenvalue weighted by Gasteiger charge is -2.58. The molecule has 0 aromatic heterocycles. The second-order valence-electron chi connectivity index (χ2n) is 23.7. The summed E-state index contributed by atoms with van der Waals surface area (Å²) in [6.45, 7) is 0. The van der Waals surface area contributed by atoms with E-state index in [1.54, 1.807) is 199 Å². The van der Waals surface area contributed by atoms with Crippen LogP contribution in [0, 0.1) is 107 Å². The van der Waals surface area contributed by atoms with Gasteiger partial charge in [-0.2, -0.15) is 0 Å². The van der Waals surface area contributed by atoms with Crippen LogP contribution in [0.25, 0.3) is 0 Å². The lowest BCUT2D eigenvalue weighted by atomic mass is 9.47. The van der Waals surface area contributed by atoms with E-state index >= 15 is 0 Å². The molecular weight excluding hydrogens is 639 g/mol. The summed E-state index contributed by atoms with van der Waals surface area (Å²) in [6.07, 6.45) is 49.8.